The van der Waals surface area contributed by atoms with Crippen LogP contribution in [0.3, 0.4) is 0 Å². The second-order valence-corrected chi connectivity index (χ2v) is 8.32. The van der Waals surface area contributed by atoms with Crippen molar-refractivity contribution in [3.8, 4) is 5.75 Å². The molecule has 0 saturated carbocycles. The summed E-state index contributed by atoms with van der Waals surface area (Å²) >= 11 is 3.53. The van der Waals surface area contributed by atoms with Crippen molar-refractivity contribution in [2.75, 3.05) is 5.75 Å². The van der Waals surface area contributed by atoms with Crippen LogP contribution < -0.4 is 10.5 Å². The van der Waals surface area contributed by atoms with E-state index in [9.17, 15) is 0 Å². The Labute approximate surface area is 133 Å². The predicted octanol–water partition coefficient (Wildman–Crippen LogP) is 4.13. The second-order valence-electron chi connectivity index (χ2n) is 6.14. The summed E-state index contributed by atoms with van der Waals surface area (Å²) in [5.74, 6) is 1.86. The molecule has 3 nitrogen and oxygen atoms in total. The molecule has 0 bridgehead atoms. The smallest absolute Gasteiger partial charge is 0.159 e. The van der Waals surface area contributed by atoms with E-state index < -0.39 is 0 Å². The number of thioether (sulfide) groups is 1. The van der Waals surface area contributed by atoms with Crippen molar-refractivity contribution < 1.29 is 4.74 Å². The minimum atomic E-state index is 0.0170. The van der Waals surface area contributed by atoms with E-state index in [1.165, 1.54) is 9.77 Å². The third-order valence-electron chi connectivity index (χ3n) is 3.39. The van der Waals surface area contributed by atoms with Crippen LogP contribution >= 0.6 is 23.1 Å². The number of hydrogen-bond donors (Lipinski definition) is 1. The van der Waals surface area contributed by atoms with Crippen LogP contribution in [0.5, 0.6) is 5.75 Å². The van der Waals surface area contributed by atoms with Crippen molar-refractivity contribution in [2.24, 2.45) is 5.73 Å². The molecule has 0 spiro atoms. The van der Waals surface area contributed by atoms with Gasteiger partial charge in [0.25, 0.3) is 0 Å². The molecule has 5 heteroatoms. The fourth-order valence-electron chi connectivity index (χ4n) is 2.37. The molecule has 0 aliphatic carbocycles. The molecule has 1 aliphatic heterocycles. The van der Waals surface area contributed by atoms with Gasteiger partial charge in [0.2, 0.25) is 0 Å². The highest BCUT2D eigenvalue weighted by molar-refractivity contribution is 7.99. The number of nitrogens with two attached hydrogens (primary N) is 1. The topological polar surface area (TPSA) is 48.1 Å². The number of thiazole rings is 1. The number of nitrogens with zero attached hydrogens (tertiary/aromatic N) is 1. The lowest BCUT2D eigenvalue weighted by Gasteiger charge is -2.24. The zero-order chi connectivity index (χ0) is 15.0. The summed E-state index contributed by atoms with van der Waals surface area (Å²) in [5, 5.41) is 1.04. The average Bonchev–Trinajstić information content (AvgIpc) is 2.91. The number of hydrogen-bond acceptors (Lipinski definition) is 5. The maximum Gasteiger partial charge on any atom is 0.159 e. The van der Waals surface area contributed by atoms with Crippen LogP contribution in [0.25, 0.3) is 0 Å². The van der Waals surface area contributed by atoms with Crippen LogP contribution in [0.2, 0.25) is 0 Å². The molecule has 0 radical (unpaired) electrons. The lowest BCUT2D eigenvalue weighted by Crippen LogP contribution is -2.17. The zero-order valence-electron chi connectivity index (χ0n) is 12.6. The van der Waals surface area contributed by atoms with E-state index in [-0.39, 0.29) is 11.5 Å². The van der Waals surface area contributed by atoms with Crippen LogP contribution in [0.15, 0.2) is 29.2 Å². The predicted molar refractivity (Wildman–Crippen MR) is 89.2 cm³/mol. The van der Waals surface area contributed by atoms with Crippen LogP contribution in [-0.4, -0.2) is 10.7 Å². The quantitative estimate of drug-likeness (QED) is 0.904. The number of fused-ring (bicyclic) bond motifs is 1. The van der Waals surface area contributed by atoms with E-state index in [1.807, 2.05) is 30.0 Å². The van der Waals surface area contributed by atoms with Gasteiger partial charge in [-0.25, -0.2) is 4.98 Å². The van der Waals surface area contributed by atoms with Crippen LogP contribution in [0, 0.1) is 0 Å². The highest BCUT2D eigenvalue weighted by Crippen LogP contribution is 2.42. The van der Waals surface area contributed by atoms with E-state index in [4.69, 9.17) is 15.5 Å². The molecular formula is C16H20N2OS2. The molecule has 112 valence electrons. The van der Waals surface area contributed by atoms with Crippen molar-refractivity contribution >= 4 is 23.1 Å². The van der Waals surface area contributed by atoms with Crippen molar-refractivity contribution in [2.45, 2.75) is 43.7 Å². The number of rotatable bonds is 2. The fourth-order valence-corrected chi connectivity index (χ4v) is 4.65. The molecule has 1 aromatic heterocycles. The average molecular weight is 320 g/mol. The molecule has 21 heavy (non-hydrogen) atoms. The standard InChI is InChI=1S/C16H20N2OS2/c1-16(2,3)14-13(8-17)21-15(18-14)11-9-20-12-7-5-4-6-10(12)19-11/h4-7,11H,8-9,17H2,1-3H3. The van der Waals surface area contributed by atoms with Crippen molar-refractivity contribution in [1.82, 2.24) is 4.98 Å². The molecule has 0 fully saturated rings. The summed E-state index contributed by atoms with van der Waals surface area (Å²) in [6.07, 6.45) is 0.0244. The zero-order valence-corrected chi connectivity index (χ0v) is 14.2. The first-order valence-electron chi connectivity index (χ1n) is 7.07. The van der Waals surface area contributed by atoms with Crippen LogP contribution in [0.1, 0.15) is 42.5 Å². The van der Waals surface area contributed by atoms with Gasteiger partial charge in [0.1, 0.15) is 10.8 Å². The van der Waals surface area contributed by atoms with E-state index >= 15 is 0 Å². The summed E-state index contributed by atoms with van der Waals surface area (Å²) in [5.41, 5.74) is 7.02. The Morgan fingerprint density at radius 3 is 2.76 bits per heavy atom. The van der Waals surface area contributed by atoms with E-state index in [0.29, 0.717) is 6.54 Å². The minimum Gasteiger partial charge on any atom is -0.481 e. The van der Waals surface area contributed by atoms with Gasteiger partial charge in [0.15, 0.2) is 6.10 Å². The largest absolute Gasteiger partial charge is 0.481 e. The van der Waals surface area contributed by atoms with Gasteiger partial charge in [-0.2, -0.15) is 0 Å². The van der Waals surface area contributed by atoms with E-state index in [1.54, 1.807) is 11.3 Å². The molecular weight excluding hydrogens is 300 g/mol. The van der Waals surface area contributed by atoms with Gasteiger partial charge in [-0.1, -0.05) is 32.9 Å². The Morgan fingerprint density at radius 1 is 1.33 bits per heavy atom. The molecule has 2 heterocycles. The van der Waals surface area contributed by atoms with Gasteiger partial charge in [-0.05, 0) is 12.1 Å². The first-order chi connectivity index (χ1) is 9.99. The number of ether oxygens (including phenoxy) is 1. The van der Waals surface area contributed by atoms with Gasteiger partial charge < -0.3 is 10.5 Å². The molecule has 3 rings (SSSR count). The molecule has 2 N–H and O–H groups in total. The Morgan fingerprint density at radius 2 is 2.10 bits per heavy atom. The minimum absolute atomic E-state index is 0.0170. The maximum absolute atomic E-state index is 6.13. The van der Waals surface area contributed by atoms with E-state index in [2.05, 4.69) is 26.8 Å². The molecule has 2 aromatic rings. The Hall–Kier alpha value is -1.04. The maximum atomic E-state index is 6.13. The third-order valence-corrected chi connectivity index (χ3v) is 5.68. The Balaban J connectivity index is 1.91. The lowest BCUT2D eigenvalue weighted by molar-refractivity contribution is 0.219. The van der Waals surface area contributed by atoms with Gasteiger partial charge in [0.05, 0.1) is 5.69 Å². The fraction of sp³-hybridized carbons (Fsp3) is 0.438. The Kier molecular flexibility index (Phi) is 3.99. The number of benzene rings is 1. The first-order valence-corrected chi connectivity index (χ1v) is 8.88. The molecule has 0 amide bonds. The summed E-state index contributed by atoms with van der Waals surface area (Å²) in [7, 11) is 0. The van der Waals surface area contributed by atoms with Crippen molar-refractivity contribution in [3.05, 3.63) is 39.8 Å². The van der Waals surface area contributed by atoms with Crippen molar-refractivity contribution in [3.63, 3.8) is 0 Å². The summed E-state index contributed by atoms with van der Waals surface area (Å²) in [4.78, 5) is 7.23. The monoisotopic (exact) mass is 320 g/mol. The molecule has 1 aliphatic rings. The lowest BCUT2D eigenvalue weighted by atomic mass is 9.91. The van der Waals surface area contributed by atoms with Crippen LogP contribution in [0.4, 0.5) is 0 Å². The summed E-state index contributed by atoms with van der Waals surface area (Å²) in [6.45, 7) is 7.07. The van der Waals surface area contributed by atoms with Gasteiger partial charge in [-0.15, -0.1) is 23.1 Å². The number of aromatic nitrogens is 1. The SMILES string of the molecule is CC(C)(C)c1nc(C2CSc3ccccc3O2)sc1CN. The third kappa shape index (κ3) is 2.96. The summed E-state index contributed by atoms with van der Waals surface area (Å²) < 4.78 is 6.13. The second kappa shape index (κ2) is 5.63. The first kappa shape index (κ1) is 14.9. The molecule has 1 aromatic carbocycles. The summed E-state index contributed by atoms with van der Waals surface area (Å²) in [6, 6.07) is 8.18. The normalized spacial score (nSPS) is 18.2. The Bertz CT molecular complexity index is 646. The van der Waals surface area contributed by atoms with Crippen LogP contribution in [-0.2, 0) is 12.0 Å². The van der Waals surface area contributed by atoms with Gasteiger partial charge >= 0.3 is 0 Å². The highest BCUT2D eigenvalue weighted by Gasteiger charge is 2.29. The molecule has 1 atom stereocenters. The van der Waals surface area contributed by atoms with Crippen molar-refractivity contribution in [1.29, 1.82) is 0 Å². The number of para-hydroxylation sites is 1. The van der Waals surface area contributed by atoms with Gasteiger partial charge in [0, 0.05) is 27.5 Å². The molecule has 0 saturated heterocycles. The molecule has 1 unspecified atom stereocenters. The van der Waals surface area contributed by atoms with Gasteiger partial charge in [-0.3, -0.25) is 0 Å². The highest BCUT2D eigenvalue weighted by atomic mass is 32.2. The van der Waals surface area contributed by atoms with E-state index in [0.717, 1.165) is 22.2 Å².